The third-order valence-electron chi connectivity index (χ3n) is 3.12. The molecule has 1 amide bonds. The van der Waals surface area contributed by atoms with Crippen LogP contribution in [0.3, 0.4) is 0 Å². The summed E-state index contributed by atoms with van der Waals surface area (Å²) < 4.78 is 28.1. The molecule has 1 aromatic carbocycles. The summed E-state index contributed by atoms with van der Waals surface area (Å²) in [6.45, 7) is 5.24. The van der Waals surface area contributed by atoms with Gasteiger partial charge in [-0.15, -0.1) is 0 Å². The molecule has 2 N–H and O–H groups in total. The number of amides is 1. The fourth-order valence-electron chi connectivity index (χ4n) is 1.97. The Morgan fingerprint density at radius 2 is 1.83 bits per heavy atom. The van der Waals surface area contributed by atoms with Crippen LogP contribution >= 0.6 is 0 Å². The molecule has 0 aliphatic heterocycles. The maximum Gasteiger partial charge on any atom is 0.248 e. The zero-order chi connectivity index (χ0) is 17.0. The SMILES string of the molecule is CC(C)NS(=O)(=O)c1ccc(NC(=O)C(C)n2cccn2)cc1. The number of anilines is 1. The average molecular weight is 336 g/mol. The third-order valence-corrected chi connectivity index (χ3v) is 4.80. The van der Waals surface area contributed by atoms with E-state index < -0.39 is 16.1 Å². The standard InChI is InChI=1S/C15H20N4O3S/c1-11(2)18-23(21,22)14-7-5-13(6-8-14)17-15(20)12(3)19-10-4-9-16-19/h4-12,18H,1-3H3,(H,17,20). The summed E-state index contributed by atoms with van der Waals surface area (Å²) in [5.74, 6) is -0.232. The monoisotopic (exact) mass is 336 g/mol. The van der Waals surface area contributed by atoms with Crippen LogP contribution in [-0.4, -0.2) is 30.1 Å². The van der Waals surface area contributed by atoms with E-state index in [9.17, 15) is 13.2 Å². The molecule has 0 spiro atoms. The Kier molecular flexibility index (Phi) is 5.17. The summed E-state index contributed by atoms with van der Waals surface area (Å²) >= 11 is 0. The first-order valence-electron chi connectivity index (χ1n) is 7.22. The number of rotatable bonds is 6. The van der Waals surface area contributed by atoms with Crippen LogP contribution in [-0.2, 0) is 14.8 Å². The molecule has 8 heteroatoms. The smallest absolute Gasteiger partial charge is 0.248 e. The average Bonchev–Trinajstić information content (AvgIpc) is 2.99. The van der Waals surface area contributed by atoms with Gasteiger partial charge in [-0.1, -0.05) is 0 Å². The molecule has 2 aromatic rings. The highest BCUT2D eigenvalue weighted by molar-refractivity contribution is 7.89. The summed E-state index contributed by atoms with van der Waals surface area (Å²) in [5.41, 5.74) is 0.525. The van der Waals surface area contributed by atoms with E-state index in [1.807, 2.05) is 0 Å². The van der Waals surface area contributed by atoms with Crippen LogP contribution < -0.4 is 10.0 Å². The van der Waals surface area contributed by atoms with Gasteiger partial charge in [-0.25, -0.2) is 13.1 Å². The van der Waals surface area contributed by atoms with E-state index in [2.05, 4.69) is 15.1 Å². The minimum atomic E-state index is -3.53. The Morgan fingerprint density at radius 1 is 1.17 bits per heavy atom. The molecule has 2 rings (SSSR count). The number of carbonyl (C=O) groups excluding carboxylic acids is 1. The van der Waals surface area contributed by atoms with E-state index in [1.54, 1.807) is 56.0 Å². The molecule has 7 nitrogen and oxygen atoms in total. The molecular formula is C15H20N4O3S. The van der Waals surface area contributed by atoms with Gasteiger partial charge in [-0.2, -0.15) is 5.10 Å². The van der Waals surface area contributed by atoms with Crippen molar-refractivity contribution in [2.75, 3.05) is 5.32 Å². The highest BCUT2D eigenvalue weighted by Crippen LogP contribution is 2.16. The maximum absolute atomic E-state index is 12.1. The lowest BCUT2D eigenvalue weighted by Crippen LogP contribution is -2.30. The number of hydrogen-bond donors (Lipinski definition) is 2. The third kappa shape index (κ3) is 4.40. The Morgan fingerprint density at radius 3 is 2.35 bits per heavy atom. The van der Waals surface area contributed by atoms with Crippen LogP contribution in [0.15, 0.2) is 47.6 Å². The summed E-state index contributed by atoms with van der Waals surface area (Å²) in [6, 6.07) is 7.12. The van der Waals surface area contributed by atoms with Crippen molar-refractivity contribution in [2.45, 2.75) is 37.8 Å². The van der Waals surface area contributed by atoms with Crippen LogP contribution in [0.1, 0.15) is 26.8 Å². The molecule has 0 aliphatic carbocycles. The van der Waals surface area contributed by atoms with Gasteiger partial charge in [-0.3, -0.25) is 9.48 Å². The summed E-state index contributed by atoms with van der Waals surface area (Å²) in [4.78, 5) is 12.3. The van der Waals surface area contributed by atoms with Crippen molar-refractivity contribution in [1.82, 2.24) is 14.5 Å². The summed E-state index contributed by atoms with van der Waals surface area (Å²) in [5, 5.41) is 6.76. The zero-order valence-electron chi connectivity index (χ0n) is 13.2. The first kappa shape index (κ1) is 17.2. The number of sulfonamides is 1. The molecule has 1 unspecified atom stereocenters. The maximum atomic E-state index is 12.1. The topological polar surface area (TPSA) is 93.1 Å². The summed E-state index contributed by atoms with van der Waals surface area (Å²) in [7, 11) is -3.53. The minimum absolute atomic E-state index is 0.157. The Balaban J connectivity index is 2.07. The highest BCUT2D eigenvalue weighted by Gasteiger charge is 2.17. The van der Waals surface area contributed by atoms with E-state index in [1.165, 1.54) is 12.1 Å². The quantitative estimate of drug-likeness (QED) is 0.841. The van der Waals surface area contributed by atoms with E-state index in [0.717, 1.165) is 0 Å². The van der Waals surface area contributed by atoms with Crippen molar-refractivity contribution in [3.8, 4) is 0 Å². The van der Waals surface area contributed by atoms with E-state index in [0.29, 0.717) is 5.69 Å². The fourth-order valence-corrected chi connectivity index (χ4v) is 3.22. The van der Waals surface area contributed by atoms with Crippen molar-refractivity contribution in [3.05, 3.63) is 42.7 Å². The van der Waals surface area contributed by atoms with Gasteiger partial charge in [0.15, 0.2) is 0 Å². The number of carbonyl (C=O) groups is 1. The molecule has 0 bridgehead atoms. The zero-order valence-corrected chi connectivity index (χ0v) is 14.0. The first-order valence-corrected chi connectivity index (χ1v) is 8.70. The minimum Gasteiger partial charge on any atom is -0.324 e. The lowest BCUT2D eigenvalue weighted by Gasteiger charge is -2.13. The fraction of sp³-hybridized carbons (Fsp3) is 0.333. The molecule has 23 heavy (non-hydrogen) atoms. The van der Waals surface area contributed by atoms with Crippen molar-refractivity contribution in [2.24, 2.45) is 0 Å². The van der Waals surface area contributed by atoms with Gasteiger partial charge in [0.1, 0.15) is 6.04 Å². The lowest BCUT2D eigenvalue weighted by atomic mass is 10.2. The summed E-state index contributed by atoms with van der Waals surface area (Å²) in [6.07, 6.45) is 3.31. The van der Waals surface area contributed by atoms with Gasteiger partial charge in [0.05, 0.1) is 4.90 Å². The van der Waals surface area contributed by atoms with Gasteiger partial charge in [0, 0.05) is 24.1 Å². The molecule has 1 atom stereocenters. The van der Waals surface area contributed by atoms with Gasteiger partial charge in [-0.05, 0) is 51.1 Å². The second-order valence-electron chi connectivity index (χ2n) is 5.45. The van der Waals surface area contributed by atoms with Gasteiger partial charge < -0.3 is 5.32 Å². The molecule has 0 saturated heterocycles. The van der Waals surface area contributed by atoms with Crippen LogP contribution in [0.25, 0.3) is 0 Å². The predicted molar refractivity (Wildman–Crippen MR) is 87.5 cm³/mol. The van der Waals surface area contributed by atoms with Crippen LogP contribution in [0.4, 0.5) is 5.69 Å². The number of benzene rings is 1. The van der Waals surface area contributed by atoms with Crippen molar-refractivity contribution in [1.29, 1.82) is 0 Å². The molecule has 0 saturated carbocycles. The van der Waals surface area contributed by atoms with Gasteiger partial charge >= 0.3 is 0 Å². The highest BCUT2D eigenvalue weighted by atomic mass is 32.2. The molecule has 124 valence electrons. The lowest BCUT2D eigenvalue weighted by molar-refractivity contribution is -0.119. The number of hydrogen-bond acceptors (Lipinski definition) is 4. The van der Waals surface area contributed by atoms with E-state index in [-0.39, 0.29) is 16.8 Å². The Labute approximate surface area is 135 Å². The van der Waals surface area contributed by atoms with Crippen molar-refractivity contribution < 1.29 is 13.2 Å². The number of nitrogens with one attached hydrogen (secondary N) is 2. The van der Waals surface area contributed by atoms with Crippen LogP contribution in [0, 0.1) is 0 Å². The normalized spacial score (nSPS) is 13.0. The van der Waals surface area contributed by atoms with E-state index in [4.69, 9.17) is 0 Å². The second-order valence-corrected chi connectivity index (χ2v) is 7.17. The number of nitrogens with zero attached hydrogens (tertiary/aromatic N) is 2. The van der Waals surface area contributed by atoms with Gasteiger partial charge in [0.2, 0.25) is 15.9 Å². The Bertz CT molecular complexity index is 753. The predicted octanol–water partition coefficient (Wildman–Crippen LogP) is 1.77. The molecule has 0 fully saturated rings. The molecule has 0 radical (unpaired) electrons. The molecule has 1 aromatic heterocycles. The van der Waals surface area contributed by atoms with Crippen LogP contribution in [0.5, 0.6) is 0 Å². The van der Waals surface area contributed by atoms with Crippen LogP contribution in [0.2, 0.25) is 0 Å². The molecule has 0 aliphatic rings. The molecular weight excluding hydrogens is 316 g/mol. The second kappa shape index (κ2) is 6.93. The van der Waals surface area contributed by atoms with Gasteiger partial charge in [0.25, 0.3) is 0 Å². The van der Waals surface area contributed by atoms with Crippen molar-refractivity contribution in [3.63, 3.8) is 0 Å². The largest absolute Gasteiger partial charge is 0.324 e. The first-order chi connectivity index (χ1) is 10.8. The van der Waals surface area contributed by atoms with E-state index >= 15 is 0 Å². The number of aromatic nitrogens is 2. The van der Waals surface area contributed by atoms with Crippen molar-refractivity contribution >= 4 is 21.6 Å². The Hall–Kier alpha value is -2.19. The molecule has 1 heterocycles.